The minimum absolute atomic E-state index is 0.359. The van der Waals surface area contributed by atoms with Crippen molar-refractivity contribution < 1.29 is 5.32 Å². The van der Waals surface area contributed by atoms with E-state index in [2.05, 4.69) is 57.3 Å². The van der Waals surface area contributed by atoms with Gasteiger partial charge in [-0.15, -0.1) is 0 Å². The van der Waals surface area contributed by atoms with Gasteiger partial charge in [-0.25, -0.2) is 0 Å². The highest BCUT2D eigenvalue weighted by atomic mass is 15.0. The van der Waals surface area contributed by atoms with Crippen LogP contribution in [-0.2, 0) is 0 Å². The van der Waals surface area contributed by atoms with Crippen molar-refractivity contribution in [2.75, 3.05) is 0 Å². The third-order valence-corrected chi connectivity index (χ3v) is 3.55. The number of rotatable bonds is 0. The van der Waals surface area contributed by atoms with Gasteiger partial charge in [-0.3, -0.25) is 0 Å². The molecule has 82 valence electrons. The zero-order valence-electron chi connectivity index (χ0n) is 10.2. The summed E-state index contributed by atoms with van der Waals surface area (Å²) in [4.78, 5) is 0. The van der Waals surface area contributed by atoms with Gasteiger partial charge < -0.3 is 5.32 Å². The first-order chi connectivity index (χ1) is 6.99. The van der Waals surface area contributed by atoms with Crippen molar-refractivity contribution in [2.45, 2.75) is 51.6 Å². The van der Waals surface area contributed by atoms with Crippen LogP contribution in [0.1, 0.15) is 57.2 Å². The van der Waals surface area contributed by atoms with Crippen LogP contribution in [0.5, 0.6) is 0 Å². The second-order valence-corrected chi connectivity index (χ2v) is 5.68. The van der Waals surface area contributed by atoms with Crippen LogP contribution in [0.25, 0.3) is 0 Å². The van der Waals surface area contributed by atoms with Gasteiger partial charge >= 0.3 is 0 Å². The minimum Gasteiger partial charge on any atom is -0.336 e. The average Bonchev–Trinajstić information content (AvgIpc) is 2.23. The molecule has 0 bridgehead atoms. The average molecular weight is 204 g/mol. The van der Waals surface area contributed by atoms with Crippen LogP contribution in [0.4, 0.5) is 0 Å². The second-order valence-electron chi connectivity index (χ2n) is 5.68. The van der Waals surface area contributed by atoms with Gasteiger partial charge in [0.05, 0.1) is 5.54 Å². The van der Waals surface area contributed by atoms with E-state index in [0.717, 1.165) is 0 Å². The van der Waals surface area contributed by atoms with Crippen LogP contribution >= 0.6 is 0 Å². The number of hydrogen-bond donors (Lipinski definition) is 1. The zero-order chi connectivity index (χ0) is 11.1. The Morgan fingerprint density at radius 3 is 2.40 bits per heavy atom. The summed E-state index contributed by atoms with van der Waals surface area (Å²) >= 11 is 0. The molecule has 1 heteroatoms. The smallest absolute Gasteiger partial charge is 0.109 e. The largest absolute Gasteiger partial charge is 0.336 e. The summed E-state index contributed by atoms with van der Waals surface area (Å²) in [7, 11) is 0. The van der Waals surface area contributed by atoms with Gasteiger partial charge in [0.2, 0.25) is 0 Å². The Morgan fingerprint density at radius 2 is 1.73 bits per heavy atom. The quantitative estimate of drug-likeness (QED) is 0.669. The van der Waals surface area contributed by atoms with Crippen molar-refractivity contribution in [3.05, 3.63) is 35.4 Å². The van der Waals surface area contributed by atoms with Gasteiger partial charge in [0.25, 0.3) is 0 Å². The van der Waals surface area contributed by atoms with Crippen LogP contribution in [0.15, 0.2) is 24.3 Å². The van der Waals surface area contributed by atoms with Crippen molar-refractivity contribution in [1.29, 1.82) is 0 Å². The predicted octanol–water partition coefficient (Wildman–Crippen LogP) is 2.60. The number of quaternary nitrogens is 1. The molecule has 15 heavy (non-hydrogen) atoms. The maximum atomic E-state index is 2.51. The van der Waals surface area contributed by atoms with E-state index in [1.54, 1.807) is 5.56 Å². The van der Waals surface area contributed by atoms with Crippen LogP contribution in [0.2, 0.25) is 0 Å². The molecule has 1 aromatic rings. The van der Waals surface area contributed by atoms with Crippen LogP contribution in [-0.4, -0.2) is 5.54 Å². The van der Waals surface area contributed by atoms with Gasteiger partial charge in [0.1, 0.15) is 6.04 Å². The summed E-state index contributed by atoms with van der Waals surface area (Å²) in [5, 5.41) is 2.51. The Hall–Kier alpha value is -0.820. The summed E-state index contributed by atoms with van der Waals surface area (Å²) in [5.74, 6) is 0.678. The lowest BCUT2D eigenvalue weighted by molar-refractivity contribution is -0.754. The molecular weight excluding hydrogens is 182 g/mol. The SMILES string of the molecule is C[C@@H]1CC(C)(C)[NH2+][C@H](C)c2ccccc21. The van der Waals surface area contributed by atoms with E-state index in [0.29, 0.717) is 17.5 Å². The first-order valence-electron chi connectivity index (χ1n) is 5.94. The van der Waals surface area contributed by atoms with Crippen molar-refractivity contribution in [2.24, 2.45) is 0 Å². The Morgan fingerprint density at radius 1 is 1.13 bits per heavy atom. The monoisotopic (exact) mass is 204 g/mol. The molecular formula is C14H22N+. The van der Waals surface area contributed by atoms with Crippen molar-refractivity contribution in [3.8, 4) is 0 Å². The molecule has 0 saturated carbocycles. The summed E-state index contributed by atoms with van der Waals surface area (Å²) in [6.07, 6.45) is 1.26. The van der Waals surface area contributed by atoms with E-state index in [4.69, 9.17) is 0 Å². The molecule has 0 aliphatic carbocycles. The molecule has 1 nitrogen and oxygen atoms in total. The lowest BCUT2D eigenvalue weighted by Gasteiger charge is -2.24. The molecule has 1 aromatic carbocycles. The lowest BCUT2D eigenvalue weighted by Crippen LogP contribution is -2.95. The fraction of sp³-hybridized carbons (Fsp3) is 0.571. The molecule has 0 aromatic heterocycles. The molecule has 0 spiro atoms. The number of hydrogen-bond acceptors (Lipinski definition) is 0. The molecule has 0 saturated heterocycles. The topological polar surface area (TPSA) is 16.6 Å². The molecule has 0 unspecified atom stereocenters. The normalized spacial score (nSPS) is 29.3. The van der Waals surface area contributed by atoms with E-state index >= 15 is 0 Å². The third-order valence-electron chi connectivity index (χ3n) is 3.55. The highest BCUT2D eigenvalue weighted by molar-refractivity contribution is 5.32. The van der Waals surface area contributed by atoms with E-state index in [9.17, 15) is 0 Å². The van der Waals surface area contributed by atoms with Gasteiger partial charge in [-0.2, -0.15) is 0 Å². The maximum Gasteiger partial charge on any atom is 0.109 e. The van der Waals surface area contributed by atoms with E-state index in [-0.39, 0.29) is 0 Å². The molecule has 0 amide bonds. The molecule has 2 rings (SSSR count). The van der Waals surface area contributed by atoms with E-state index in [1.807, 2.05) is 0 Å². The van der Waals surface area contributed by atoms with Crippen LogP contribution in [0, 0.1) is 0 Å². The molecule has 0 fully saturated rings. The zero-order valence-corrected chi connectivity index (χ0v) is 10.2. The molecule has 0 radical (unpaired) electrons. The van der Waals surface area contributed by atoms with Gasteiger partial charge in [0.15, 0.2) is 0 Å². The van der Waals surface area contributed by atoms with Crippen LogP contribution < -0.4 is 5.32 Å². The molecule has 2 N–H and O–H groups in total. The second kappa shape index (κ2) is 3.64. The predicted molar refractivity (Wildman–Crippen MR) is 63.9 cm³/mol. The highest BCUT2D eigenvalue weighted by Gasteiger charge is 2.33. The first kappa shape index (κ1) is 10.7. The summed E-state index contributed by atoms with van der Waals surface area (Å²) in [5.41, 5.74) is 3.43. The third kappa shape index (κ3) is 2.07. The molecule has 1 aliphatic heterocycles. The number of nitrogens with two attached hydrogens (primary N) is 1. The molecule has 1 aliphatic rings. The lowest BCUT2D eigenvalue weighted by atomic mass is 9.87. The highest BCUT2D eigenvalue weighted by Crippen LogP contribution is 2.31. The van der Waals surface area contributed by atoms with Crippen molar-refractivity contribution in [3.63, 3.8) is 0 Å². The van der Waals surface area contributed by atoms with Crippen molar-refractivity contribution in [1.82, 2.24) is 0 Å². The number of benzene rings is 1. The fourth-order valence-electron chi connectivity index (χ4n) is 3.11. The number of fused-ring (bicyclic) bond motifs is 1. The van der Waals surface area contributed by atoms with E-state index < -0.39 is 0 Å². The van der Waals surface area contributed by atoms with Gasteiger partial charge in [-0.1, -0.05) is 31.2 Å². The summed E-state index contributed by atoms with van der Waals surface area (Å²) in [6, 6.07) is 9.50. The van der Waals surface area contributed by atoms with Crippen LogP contribution in [0.3, 0.4) is 0 Å². The summed E-state index contributed by atoms with van der Waals surface area (Å²) in [6.45, 7) is 9.38. The van der Waals surface area contributed by atoms with E-state index in [1.165, 1.54) is 12.0 Å². The molecule has 1 heterocycles. The Labute approximate surface area is 92.9 Å². The fourth-order valence-corrected chi connectivity index (χ4v) is 3.11. The van der Waals surface area contributed by atoms with Gasteiger partial charge in [-0.05, 0) is 32.3 Å². The van der Waals surface area contributed by atoms with Crippen molar-refractivity contribution >= 4 is 0 Å². The maximum absolute atomic E-state index is 2.51. The first-order valence-corrected chi connectivity index (χ1v) is 5.94. The van der Waals surface area contributed by atoms with Gasteiger partial charge in [0, 0.05) is 12.0 Å². The Bertz CT molecular complexity index is 321. The standard InChI is InChI=1S/C14H21N/c1-10-9-14(3,4)15-11(2)13-8-6-5-7-12(10)13/h5-8,10-11,15H,9H2,1-4H3/p+1/t10-,11-/m1/s1. The molecule has 2 atom stereocenters. The minimum atomic E-state index is 0.359. The summed E-state index contributed by atoms with van der Waals surface area (Å²) < 4.78 is 0. The Balaban J connectivity index is 2.45. The Kier molecular flexibility index (Phi) is 2.59.